The molecule has 8 heteroatoms. The molecule has 4 aromatic rings. The van der Waals surface area contributed by atoms with E-state index in [0.29, 0.717) is 17.3 Å². The van der Waals surface area contributed by atoms with Gasteiger partial charge in [-0.15, -0.1) is 5.10 Å². The molecule has 0 fully saturated rings. The second-order valence-electron chi connectivity index (χ2n) is 6.46. The van der Waals surface area contributed by atoms with Crippen LogP contribution in [0.25, 0.3) is 11.5 Å². The fraction of sp³-hybridized carbons (Fsp3) is 0.0476. The molecule has 0 spiro atoms. The average Bonchev–Trinajstić information content (AvgIpc) is 3.18. The van der Waals surface area contributed by atoms with Crippen molar-refractivity contribution < 1.29 is 8.98 Å². The number of nitrogens with one attached hydrogen (secondary N) is 3. The van der Waals surface area contributed by atoms with Gasteiger partial charge in [-0.1, -0.05) is 59.2 Å². The third kappa shape index (κ3) is 4.83. The highest BCUT2D eigenvalue weighted by molar-refractivity contribution is 7.68. The summed E-state index contributed by atoms with van der Waals surface area (Å²) in [6, 6.07) is 26.3. The molecule has 0 atom stereocenters. The molecule has 0 bridgehead atoms. The number of nitrogens with zero attached hydrogens (tertiary/aromatic N) is 2. The second kappa shape index (κ2) is 8.20. The van der Waals surface area contributed by atoms with Crippen molar-refractivity contribution in [3.8, 4) is 11.5 Å². The van der Waals surface area contributed by atoms with Gasteiger partial charge in [-0.25, -0.2) is 0 Å². The first-order valence-electron chi connectivity index (χ1n) is 9.05. The molecule has 4 rings (SSSR count). The summed E-state index contributed by atoms with van der Waals surface area (Å²) in [7, 11) is -3.42. The normalized spacial score (nSPS) is 11.1. The number of aryl methyl sites for hydroxylation is 1. The first kappa shape index (κ1) is 18.8. The Labute approximate surface area is 168 Å². The highest BCUT2D eigenvalue weighted by Crippen LogP contribution is 2.45. The van der Waals surface area contributed by atoms with E-state index < -0.39 is 7.59 Å². The summed E-state index contributed by atoms with van der Waals surface area (Å²) in [6.07, 6.45) is 0. The molecule has 0 aliphatic heterocycles. The van der Waals surface area contributed by atoms with E-state index >= 15 is 0 Å². The predicted octanol–water partition coefficient (Wildman–Crippen LogP) is 5.79. The molecular weight excluding hydrogens is 385 g/mol. The van der Waals surface area contributed by atoms with Crippen molar-refractivity contribution in [3.63, 3.8) is 0 Å². The van der Waals surface area contributed by atoms with Crippen molar-refractivity contribution in [2.75, 3.05) is 15.3 Å². The monoisotopic (exact) mass is 405 g/mol. The van der Waals surface area contributed by atoms with Crippen LogP contribution in [0.4, 0.5) is 17.4 Å². The van der Waals surface area contributed by atoms with Crippen LogP contribution >= 0.6 is 7.59 Å². The molecule has 1 aromatic heterocycles. The molecule has 7 nitrogen and oxygen atoms in total. The standard InChI is InChI=1S/C21H20N5O2P/c1-16-12-14-17(15-13-16)20-22-23-21(28-20)26-29(27,24-18-8-4-2-5-9-18)25-19-10-6-3-7-11-19/h2-15H,1H3,(H3,23,24,25,26,27). The van der Waals surface area contributed by atoms with Crippen LogP contribution in [0, 0.1) is 6.92 Å². The van der Waals surface area contributed by atoms with Gasteiger partial charge in [0, 0.05) is 16.9 Å². The first-order valence-corrected chi connectivity index (χ1v) is 10.8. The highest BCUT2D eigenvalue weighted by atomic mass is 31.2. The Bertz CT molecular complexity index is 1070. The van der Waals surface area contributed by atoms with Crippen LogP contribution in [0.5, 0.6) is 0 Å². The minimum Gasteiger partial charge on any atom is -0.403 e. The maximum Gasteiger partial charge on any atom is 0.356 e. The molecule has 0 aliphatic rings. The average molecular weight is 405 g/mol. The highest BCUT2D eigenvalue weighted by Gasteiger charge is 2.25. The van der Waals surface area contributed by atoms with Crippen LogP contribution in [0.3, 0.4) is 0 Å². The molecule has 3 aromatic carbocycles. The summed E-state index contributed by atoms with van der Waals surface area (Å²) in [5.74, 6) is 0.346. The molecule has 0 radical (unpaired) electrons. The maximum atomic E-state index is 13.7. The molecule has 29 heavy (non-hydrogen) atoms. The topological polar surface area (TPSA) is 92.1 Å². The van der Waals surface area contributed by atoms with Gasteiger partial charge in [0.1, 0.15) is 0 Å². The number of hydrogen-bond acceptors (Lipinski definition) is 4. The Morgan fingerprint density at radius 3 is 1.83 bits per heavy atom. The number of aromatic nitrogens is 2. The number of para-hydroxylation sites is 2. The lowest BCUT2D eigenvalue weighted by atomic mass is 10.1. The molecule has 1 heterocycles. The zero-order valence-electron chi connectivity index (χ0n) is 15.7. The van der Waals surface area contributed by atoms with E-state index in [1.807, 2.05) is 91.9 Å². The molecule has 0 saturated heterocycles. The second-order valence-corrected chi connectivity index (χ2v) is 8.34. The molecule has 0 aliphatic carbocycles. The van der Waals surface area contributed by atoms with Crippen LogP contribution in [0.15, 0.2) is 89.3 Å². The fourth-order valence-corrected chi connectivity index (χ4v) is 4.24. The molecule has 3 N–H and O–H groups in total. The van der Waals surface area contributed by atoms with Crippen molar-refractivity contribution in [1.82, 2.24) is 10.2 Å². The van der Waals surface area contributed by atoms with Crippen LogP contribution < -0.4 is 15.3 Å². The van der Waals surface area contributed by atoms with E-state index in [-0.39, 0.29) is 6.01 Å². The summed E-state index contributed by atoms with van der Waals surface area (Å²) in [6.45, 7) is 2.01. The van der Waals surface area contributed by atoms with Crippen molar-refractivity contribution in [2.45, 2.75) is 6.92 Å². The van der Waals surface area contributed by atoms with Gasteiger partial charge in [-0.05, 0) is 43.3 Å². The van der Waals surface area contributed by atoms with Crippen molar-refractivity contribution in [1.29, 1.82) is 0 Å². The van der Waals surface area contributed by atoms with Crippen LogP contribution in [0.1, 0.15) is 5.56 Å². The fourth-order valence-electron chi connectivity index (χ4n) is 2.69. The summed E-state index contributed by atoms with van der Waals surface area (Å²) in [4.78, 5) is 0. The minimum absolute atomic E-state index is 0.0516. The predicted molar refractivity (Wildman–Crippen MR) is 116 cm³/mol. The Kier molecular flexibility index (Phi) is 5.31. The lowest BCUT2D eigenvalue weighted by Crippen LogP contribution is -2.14. The quantitative estimate of drug-likeness (QED) is 0.335. The van der Waals surface area contributed by atoms with Gasteiger partial charge in [0.05, 0.1) is 0 Å². The zero-order chi connectivity index (χ0) is 20.1. The summed E-state index contributed by atoms with van der Waals surface area (Å²) >= 11 is 0. The van der Waals surface area contributed by atoms with Gasteiger partial charge in [0.2, 0.25) is 5.89 Å². The summed E-state index contributed by atoms with van der Waals surface area (Å²) in [5.41, 5.74) is 3.29. The maximum absolute atomic E-state index is 13.7. The Hall–Kier alpha value is -3.57. The summed E-state index contributed by atoms with van der Waals surface area (Å²) < 4.78 is 19.3. The largest absolute Gasteiger partial charge is 0.403 e. The van der Waals surface area contributed by atoms with E-state index in [1.54, 1.807) is 0 Å². The van der Waals surface area contributed by atoms with Gasteiger partial charge < -0.3 is 14.6 Å². The van der Waals surface area contributed by atoms with Gasteiger partial charge >= 0.3 is 13.6 Å². The zero-order valence-corrected chi connectivity index (χ0v) is 16.6. The first-order chi connectivity index (χ1) is 14.1. The van der Waals surface area contributed by atoms with Gasteiger partial charge in [0.15, 0.2) is 0 Å². The Morgan fingerprint density at radius 2 is 1.28 bits per heavy atom. The van der Waals surface area contributed by atoms with Crippen molar-refractivity contribution in [3.05, 3.63) is 90.5 Å². The Balaban J connectivity index is 1.59. The lowest BCUT2D eigenvalue weighted by Gasteiger charge is -2.22. The molecule has 0 saturated carbocycles. The van der Waals surface area contributed by atoms with E-state index in [4.69, 9.17) is 4.42 Å². The minimum atomic E-state index is -3.42. The van der Waals surface area contributed by atoms with E-state index in [2.05, 4.69) is 25.5 Å². The van der Waals surface area contributed by atoms with Crippen molar-refractivity contribution in [2.24, 2.45) is 0 Å². The molecule has 0 unspecified atom stereocenters. The molecular formula is C21H20N5O2P. The number of rotatable bonds is 7. The SMILES string of the molecule is Cc1ccc(-c2nnc(NP(=O)(Nc3ccccc3)Nc3ccccc3)o2)cc1. The lowest BCUT2D eigenvalue weighted by molar-refractivity contribution is 0.573. The number of anilines is 3. The molecule has 146 valence electrons. The van der Waals surface area contributed by atoms with Gasteiger partial charge in [0.25, 0.3) is 0 Å². The van der Waals surface area contributed by atoms with Crippen LogP contribution in [0.2, 0.25) is 0 Å². The smallest absolute Gasteiger partial charge is 0.356 e. The third-order valence-corrected chi connectivity index (χ3v) is 5.75. The molecule has 0 amide bonds. The van der Waals surface area contributed by atoms with E-state index in [9.17, 15) is 4.57 Å². The van der Waals surface area contributed by atoms with E-state index in [0.717, 1.165) is 11.1 Å². The van der Waals surface area contributed by atoms with Gasteiger partial charge in [-0.3, -0.25) is 9.65 Å². The van der Waals surface area contributed by atoms with E-state index in [1.165, 1.54) is 0 Å². The van der Waals surface area contributed by atoms with Crippen LogP contribution in [-0.2, 0) is 4.57 Å². The van der Waals surface area contributed by atoms with Crippen molar-refractivity contribution >= 4 is 25.0 Å². The summed E-state index contributed by atoms with van der Waals surface area (Å²) in [5, 5.41) is 16.9. The van der Waals surface area contributed by atoms with Crippen LogP contribution in [-0.4, -0.2) is 10.2 Å². The third-order valence-electron chi connectivity index (χ3n) is 4.10. The Morgan fingerprint density at radius 1 is 0.724 bits per heavy atom. The van der Waals surface area contributed by atoms with Gasteiger partial charge in [-0.2, -0.15) is 0 Å². The number of hydrogen-bond donors (Lipinski definition) is 3. The number of benzene rings is 3.